The summed E-state index contributed by atoms with van der Waals surface area (Å²) in [6.07, 6.45) is 9.64. The number of hydrogen-bond acceptors (Lipinski definition) is 3. The third-order valence-electron chi connectivity index (χ3n) is 7.52. The highest BCUT2D eigenvalue weighted by atomic mass is 15.3. The predicted octanol–water partition coefficient (Wildman–Crippen LogP) is 3.52. The van der Waals surface area contributed by atoms with Crippen molar-refractivity contribution in [1.29, 1.82) is 0 Å². The Bertz CT molecular complexity index is 887. The molecule has 0 bridgehead atoms. The van der Waals surface area contributed by atoms with E-state index in [4.69, 9.17) is 4.99 Å². The number of aromatic amines is 1. The second kappa shape index (κ2) is 10.7. The molecular weight excluding hydrogens is 396 g/mol. The Morgan fingerprint density at radius 3 is 2.62 bits per heavy atom. The second-order valence-corrected chi connectivity index (χ2v) is 9.76. The van der Waals surface area contributed by atoms with E-state index in [2.05, 4.69) is 70.7 Å². The van der Waals surface area contributed by atoms with Gasteiger partial charge < -0.3 is 20.5 Å². The van der Waals surface area contributed by atoms with Gasteiger partial charge in [-0.2, -0.15) is 0 Å². The lowest BCUT2D eigenvalue weighted by Crippen LogP contribution is -2.58. The van der Waals surface area contributed by atoms with Gasteiger partial charge >= 0.3 is 0 Å². The molecule has 1 aromatic heterocycles. The average Bonchev–Trinajstić information content (AvgIpc) is 3.24. The quantitative estimate of drug-likeness (QED) is 0.457. The van der Waals surface area contributed by atoms with Crippen molar-refractivity contribution >= 4 is 16.9 Å². The molecule has 3 N–H and O–H groups in total. The van der Waals surface area contributed by atoms with Crippen LogP contribution in [0.2, 0.25) is 0 Å². The maximum Gasteiger partial charge on any atom is 0.191 e. The summed E-state index contributed by atoms with van der Waals surface area (Å²) in [5, 5.41) is 8.42. The van der Waals surface area contributed by atoms with Crippen LogP contribution >= 0.6 is 0 Å². The molecule has 6 nitrogen and oxygen atoms in total. The monoisotopic (exact) mass is 438 g/mol. The molecular formula is C26H42N6. The number of aryl methyl sites for hydroxylation is 1. The lowest BCUT2D eigenvalue weighted by Gasteiger charge is -2.49. The number of H-pyrrole nitrogens is 1. The van der Waals surface area contributed by atoms with E-state index in [0.29, 0.717) is 0 Å². The zero-order valence-electron chi connectivity index (χ0n) is 20.3. The van der Waals surface area contributed by atoms with Gasteiger partial charge in [0.1, 0.15) is 0 Å². The van der Waals surface area contributed by atoms with Crippen molar-refractivity contribution in [3.8, 4) is 0 Å². The summed E-state index contributed by atoms with van der Waals surface area (Å²) < 4.78 is 0. The molecule has 2 aliphatic heterocycles. The molecule has 0 spiro atoms. The van der Waals surface area contributed by atoms with Gasteiger partial charge in [-0.15, -0.1) is 0 Å². The van der Waals surface area contributed by atoms with Crippen LogP contribution in [0.5, 0.6) is 0 Å². The predicted molar refractivity (Wildman–Crippen MR) is 136 cm³/mol. The molecule has 2 aromatic rings. The van der Waals surface area contributed by atoms with Crippen LogP contribution in [0.1, 0.15) is 50.2 Å². The topological polar surface area (TPSA) is 58.7 Å². The number of guanidine groups is 1. The SMILES string of the molecule is CCNC(=NCC1(N2CCCCC2)CCN(C)CC1)NCCc1c[nH]c2c(C)cccc12. The van der Waals surface area contributed by atoms with Crippen LogP contribution in [0.4, 0.5) is 0 Å². The van der Waals surface area contributed by atoms with Crippen LogP contribution in [-0.2, 0) is 6.42 Å². The van der Waals surface area contributed by atoms with Crippen LogP contribution < -0.4 is 10.6 Å². The van der Waals surface area contributed by atoms with Gasteiger partial charge in [-0.3, -0.25) is 9.89 Å². The van der Waals surface area contributed by atoms with Crippen molar-refractivity contribution in [3.63, 3.8) is 0 Å². The number of rotatable bonds is 7. The summed E-state index contributed by atoms with van der Waals surface area (Å²) in [7, 11) is 2.25. The summed E-state index contributed by atoms with van der Waals surface area (Å²) in [6.45, 7) is 11.8. The normalized spacial score (nSPS) is 20.5. The Morgan fingerprint density at radius 1 is 1.09 bits per heavy atom. The summed E-state index contributed by atoms with van der Waals surface area (Å²) in [6, 6.07) is 6.53. The first-order valence-electron chi connectivity index (χ1n) is 12.6. The molecule has 2 fully saturated rings. The van der Waals surface area contributed by atoms with Crippen molar-refractivity contribution in [3.05, 3.63) is 35.5 Å². The molecule has 0 unspecified atom stereocenters. The van der Waals surface area contributed by atoms with Crippen LogP contribution in [-0.4, -0.2) is 79.1 Å². The third kappa shape index (κ3) is 5.29. The molecule has 3 heterocycles. The van der Waals surface area contributed by atoms with Gasteiger partial charge in [-0.25, -0.2) is 0 Å². The summed E-state index contributed by atoms with van der Waals surface area (Å²) in [5.41, 5.74) is 4.16. The van der Waals surface area contributed by atoms with Gasteiger partial charge in [0.2, 0.25) is 0 Å². The van der Waals surface area contributed by atoms with E-state index in [1.165, 1.54) is 80.3 Å². The minimum absolute atomic E-state index is 0.226. The number of hydrogen-bond donors (Lipinski definition) is 3. The summed E-state index contributed by atoms with van der Waals surface area (Å²) in [5.74, 6) is 0.957. The first kappa shape index (κ1) is 23.1. The average molecular weight is 439 g/mol. The van der Waals surface area contributed by atoms with E-state index in [-0.39, 0.29) is 5.54 Å². The highest BCUT2D eigenvalue weighted by Gasteiger charge is 2.39. The Labute approximate surface area is 193 Å². The molecule has 1 aromatic carbocycles. The van der Waals surface area contributed by atoms with Gasteiger partial charge in [-0.05, 0) is 90.3 Å². The van der Waals surface area contributed by atoms with E-state index in [1.54, 1.807) is 0 Å². The van der Waals surface area contributed by atoms with Crippen LogP contribution in [0.3, 0.4) is 0 Å². The lowest BCUT2D eigenvalue weighted by atomic mass is 9.84. The maximum atomic E-state index is 5.13. The van der Waals surface area contributed by atoms with E-state index < -0.39 is 0 Å². The number of fused-ring (bicyclic) bond motifs is 1. The fourth-order valence-electron chi connectivity index (χ4n) is 5.43. The van der Waals surface area contributed by atoms with E-state index >= 15 is 0 Å². The molecule has 0 aliphatic carbocycles. The number of aliphatic imine (C=N–C) groups is 1. The number of benzene rings is 1. The zero-order chi connectivity index (χ0) is 22.4. The van der Waals surface area contributed by atoms with Crippen molar-refractivity contribution < 1.29 is 0 Å². The highest BCUT2D eigenvalue weighted by molar-refractivity contribution is 5.86. The van der Waals surface area contributed by atoms with Gasteiger partial charge in [-0.1, -0.05) is 24.6 Å². The van der Waals surface area contributed by atoms with Crippen LogP contribution in [0.25, 0.3) is 10.9 Å². The fourth-order valence-corrected chi connectivity index (χ4v) is 5.43. The van der Waals surface area contributed by atoms with Crippen LogP contribution in [0, 0.1) is 6.92 Å². The second-order valence-electron chi connectivity index (χ2n) is 9.76. The van der Waals surface area contributed by atoms with Crippen molar-refractivity contribution in [1.82, 2.24) is 25.4 Å². The van der Waals surface area contributed by atoms with Gasteiger partial charge in [0.25, 0.3) is 0 Å². The van der Waals surface area contributed by atoms with E-state index in [9.17, 15) is 0 Å². The fraction of sp³-hybridized carbons (Fsp3) is 0.654. The largest absolute Gasteiger partial charge is 0.361 e. The minimum Gasteiger partial charge on any atom is -0.361 e. The molecule has 0 radical (unpaired) electrons. The number of para-hydroxylation sites is 1. The van der Waals surface area contributed by atoms with E-state index in [1.807, 2.05) is 0 Å². The van der Waals surface area contributed by atoms with Crippen molar-refractivity contribution in [2.75, 3.05) is 52.9 Å². The number of nitrogens with one attached hydrogen (secondary N) is 3. The Morgan fingerprint density at radius 2 is 1.88 bits per heavy atom. The molecule has 32 heavy (non-hydrogen) atoms. The maximum absolute atomic E-state index is 5.13. The highest BCUT2D eigenvalue weighted by Crippen LogP contribution is 2.31. The first-order chi connectivity index (χ1) is 15.6. The number of likely N-dealkylation sites (tertiary alicyclic amines) is 2. The Hall–Kier alpha value is -2.05. The zero-order valence-corrected chi connectivity index (χ0v) is 20.3. The molecule has 2 aliphatic rings. The first-order valence-corrected chi connectivity index (χ1v) is 12.6. The number of aromatic nitrogens is 1. The standard InChI is InChI=1S/C26H42N6/c1-4-27-25(28-14-11-22-19-29-24-21(2)9-8-10-23(22)24)30-20-26(12-17-31(3)18-13-26)32-15-6-5-7-16-32/h8-10,19,29H,4-7,11-18,20H2,1-3H3,(H2,27,28,30). The smallest absolute Gasteiger partial charge is 0.191 e. The lowest BCUT2D eigenvalue weighted by molar-refractivity contribution is 0.0208. The third-order valence-corrected chi connectivity index (χ3v) is 7.52. The molecule has 2 saturated heterocycles. The summed E-state index contributed by atoms with van der Waals surface area (Å²) in [4.78, 5) is 13.8. The van der Waals surface area contributed by atoms with Crippen molar-refractivity contribution in [2.45, 2.75) is 57.9 Å². The molecule has 6 heteroatoms. The van der Waals surface area contributed by atoms with Crippen LogP contribution in [0.15, 0.2) is 29.4 Å². The minimum atomic E-state index is 0.226. The van der Waals surface area contributed by atoms with Gasteiger partial charge in [0.05, 0.1) is 6.54 Å². The molecule has 4 rings (SSSR count). The van der Waals surface area contributed by atoms with E-state index in [0.717, 1.165) is 32.0 Å². The van der Waals surface area contributed by atoms with Gasteiger partial charge in [0, 0.05) is 35.7 Å². The molecule has 0 atom stereocenters. The Balaban J connectivity index is 1.41. The van der Waals surface area contributed by atoms with Gasteiger partial charge in [0.15, 0.2) is 5.96 Å². The summed E-state index contributed by atoms with van der Waals surface area (Å²) >= 11 is 0. The molecule has 0 saturated carbocycles. The number of piperidine rings is 2. The number of nitrogens with zero attached hydrogens (tertiary/aromatic N) is 3. The molecule has 0 amide bonds. The molecule has 176 valence electrons. The Kier molecular flexibility index (Phi) is 7.74. The van der Waals surface area contributed by atoms with Crippen molar-refractivity contribution in [2.24, 2.45) is 4.99 Å².